The lowest BCUT2D eigenvalue weighted by Crippen LogP contribution is -2.58. The van der Waals surface area contributed by atoms with Gasteiger partial charge in [-0.25, -0.2) is 9.59 Å². The molecule has 2 aromatic rings. The summed E-state index contributed by atoms with van der Waals surface area (Å²) in [4.78, 5) is 65.0. The zero-order valence-electron chi connectivity index (χ0n) is 21.4. The lowest BCUT2D eigenvalue weighted by Gasteiger charge is -2.36. The minimum absolute atomic E-state index is 0.000485. The highest BCUT2D eigenvalue weighted by molar-refractivity contribution is 5.94. The number of fused-ring (bicyclic) bond motifs is 1. The van der Waals surface area contributed by atoms with Gasteiger partial charge in [-0.1, -0.05) is 54.6 Å². The third-order valence-corrected chi connectivity index (χ3v) is 6.26. The van der Waals surface area contributed by atoms with Gasteiger partial charge in [0, 0.05) is 6.42 Å². The first-order valence-electron chi connectivity index (χ1n) is 11.9. The lowest BCUT2D eigenvalue weighted by molar-refractivity contribution is -0.159. The number of rotatable bonds is 9. The quantitative estimate of drug-likeness (QED) is 0.383. The molecule has 0 saturated carbocycles. The van der Waals surface area contributed by atoms with Gasteiger partial charge in [-0.2, -0.15) is 0 Å². The van der Waals surface area contributed by atoms with Gasteiger partial charge >= 0.3 is 24.0 Å². The van der Waals surface area contributed by atoms with Crippen LogP contribution in [0.1, 0.15) is 23.1 Å². The molecule has 1 aliphatic heterocycles. The zero-order valence-corrected chi connectivity index (χ0v) is 21.4. The van der Waals surface area contributed by atoms with Gasteiger partial charge in [-0.05, 0) is 16.7 Å². The smallest absolute Gasteiger partial charge is 0.411 e. The zero-order chi connectivity index (χ0) is 27.7. The number of carbonyl (C=O) groups is 5. The first-order chi connectivity index (χ1) is 18.3. The van der Waals surface area contributed by atoms with E-state index in [0.29, 0.717) is 0 Å². The van der Waals surface area contributed by atoms with E-state index < -0.39 is 54.3 Å². The molecule has 0 aliphatic carbocycles. The van der Waals surface area contributed by atoms with Crippen molar-refractivity contribution in [2.24, 2.45) is 5.92 Å². The molecule has 11 nitrogen and oxygen atoms in total. The molecule has 1 N–H and O–H groups in total. The van der Waals surface area contributed by atoms with Crippen LogP contribution in [-0.4, -0.2) is 68.2 Å². The van der Waals surface area contributed by atoms with Crippen molar-refractivity contribution in [1.82, 2.24) is 10.2 Å². The average Bonchev–Trinajstić information content (AvgIpc) is 2.96. The first kappa shape index (κ1) is 28.2. The summed E-state index contributed by atoms with van der Waals surface area (Å²) >= 11 is 0. The maximum absolute atomic E-state index is 13.6. The van der Waals surface area contributed by atoms with Gasteiger partial charge in [-0.15, -0.1) is 0 Å². The van der Waals surface area contributed by atoms with Crippen molar-refractivity contribution >= 4 is 29.9 Å². The molecule has 38 heavy (non-hydrogen) atoms. The van der Waals surface area contributed by atoms with Crippen LogP contribution in [0.2, 0.25) is 0 Å². The molecule has 0 bridgehead atoms. The highest BCUT2D eigenvalue weighted by Gasteiger charge is 2.42. The number of ether oxygens (including phenoxy) is 4. The van der Waals surface area contributed by atoms with Crippen LogP contribution in [-0.2, 0) is 57.7 Å². The molecule has 202 valence electrons. The van der Waals surface area contributed by atoms with Crippen LogP contribution in [0.5, 0.6) is 0 Å². The van der Waals surface area contributed by atoms with Crippen LogP contribution in [0.3, 0.4) is 0 Å². The molecule has 0 radical (unpaired) electrons. The number of nitrogens with zero attached hydrogens (tertiary/aromatic N) is 1. The van der Waals surface area contributed by atoms with E-state index in [1.165, 1.54) is 4.90 Å². The number of nitrogens with one attached hydrogen (secondary N) is 1. The summed E-state index contributed by atoms with van der Waals surface area (Å²) in [6, 6.07) is 13.8. The second kappa shape index (κ2) is 13.2. The van der Waals surface area contributed by atoms with Crippen LogP contribution in [0.15, 0.2) is 54.6 Å². The van der Waals surface area contributed by atoms with E-state index in [-0.39, 0.29) is 19.6 Å². The topological polar surface area (TPSA) is 138 Å². The predicted molar refractivity (Wildman–Crippen MR) is 132 cm³/mol. The molecule has 3 atom stereocenters. The highest BCUT2D eigenvalue weighted by Crippen LogP contribution is 2.25. The molecule has 0 spiro atoms. The van der Waals surface area contributed by atoms with Crippen molar-refractivity contribution < 1.29 is 42.9 Å². The number of amides is 2. The number of hydrogen-bond donors (Lipinski definition) is 1. The minimum Gasteiger partial charge on any atom is -0.469 e. The number of methoxy groups -OCH3 is 3. The molecule has 2 amide bonds. The summed E-state index contributed by atoms with van der Waals surface area (Å²) in [5.74, 6) is -4.82. The normalized spacial score (nSPS) is 15.8. The Morgan fingerprint density at radius 3 is 2.13 bits per heavy atom. The Kier molecular flexibility index (Phi) is 9.80. The van der Waals surface area contributed by atoms with E-state index in [9.17, 15) is 24.0 Å². The number of benzene rings is 2. The van der Waals surface area contributed by atoms with Gasteiger partial charge in [0.15, 0.2) is 0 Å². The standard InChI is InChI=1S/C27H30N2O9/c1-35-22(30)14-20(25(32)36-2)23(26(33)37-3)28-24(31)21-13-18-11-7-8-12-19(18)15-29(21)27(34)38-16-17-9-5-4-6-10-17/h4-12,20-21,23H,13-16H2,1-3H3,(H,28,31)/t20-,21-,23+/m0/s1. The van der Waals surface area contributed by atoms with E-state index in [1.807, 2.05) is 42.5 Å². The van der Waals surface area contributed by atoms with E-state index >= 15 is 0 Å². The molecule has 0 fully saturated rings. The van der Waals surface area contributed by atoms with Crippen molar-refractivity contribution in [3.8, 4) is 0 Å². The van der Waals surface area contributed by atoms with Gasteiger partial charge in [-0.3, -0.25) is 19.3 Å². The van der Waals surface area contributed by atoms with Crippen molar-refractivity contribution in [1.29, 1.82) is 0 Å². The average molecular weight is 527 g/mol. The Labute approximate surface area is 220 Å². The Bertz CT molecular complexity index is 1170. The van der Waals surface area contributed by atoms with E-state index in [4.69, 9.17) is 14.2 Å². The summed E-state index contributed by atoms with van der Waals surface area (Å²) < 4.78 is 19.7. The fourth-order valence-electron chi connectivity index (χ4n) is 4.20. The Hall–Kier alpha value is -4.41. The number of hydrogen-bond acceptors (Lipinski definition) is 9. The summed E-state index contributed by atoms with van der Waals surface area (Å²) in [6.07, 6.45) is -1.13. The van der Waals surface area contributed by atoms with Crippen molar-refractivity contribution in [2.75, 3.05) is 21.3 Å². The second-order valence-corrected chi connectivity index (χ2v) is 8.58. The molecule has 0 aromatic heterocycles. The number of esters is 3. The van der Waals surface area contributed by atoms with Gasteiger partial charge in [0.05, 0.1) is 40.2 Å². The monoisotopic (exact) mass is 526 g/mol. The van der Waals surface area contributed by atoms with E-state index in [1.54, 1.807) is 12.1 Å². The maximum Gasteiger partial charge on any atom is 0.411 e. The molecule has 2 aromatic carbocycles. The van der Waals surface area contributed by atoms with Crippen molar-refractivity contribution in [2.45, 2.75) is 38.1 Å². The highest BCUT2D eigenvalue weighted by atomic mass is 16.6. The van der Waals surface area contributed by atoms with E-state index in [0.717, 1.165) is 38.0 Å². The van der Waals surface area contributed by atoms with Crippen LogP contribution in [0.25, 0.3) is 0 Å². The lowest BCUT2D eigenvalue weighted by atomic mass is 9.92. The molecule has 0 unspecified atom stereocenters. The molecule has 11 heteroatoms. The molecule has 1 heterocycles. The predicted octanol–water partition coefficient (Wildman–Crippen LogP) is 1.76. The van der Waals surface area contributed by atoms with Crippen LogP contribution in [0, 0.1) is 5.92 Å². The first-order valence-corrected chi connectivity index (χ1v) is 11.9. The summed E-state index contributed by atoms with van der Waals surface area (Å²) in [5, 5.41) is 2.50. The molecular weight excluding hydrogens is 496 g/mol. The van der Waals surface area contributed by atoms with Crippen LogP contribution in [0.4, 0.5) is 4.79 Å². The fraction of sp³-hybridized carbons (Fsp3) is 0.370. The van der Waals surface area contributed by atoms with Crippen LogP contribution < -0.4 is 5.32 Å². The third-order valence-electron chi connectivity index (χ3n) is 6.26. The van der Waals surface area contributed by atoms with Crippen molar-refractivity contribution in [3.63, 3.8) is 0 Å². The van der Waals surface area contributed by atoms with Gasteiger partial charge < -0.3 is 24.3 Å². The van der Waals surface area contributed by atoms with Crippen molar-refractivity contribution in [3.05, 3.63) is 71.3 Å². The second-order valence-electron chi connectivity index (χ2n) is 8.58. The molecule has 1 aliphatic rings. The SMILES string of the molecule is COC(=O)C[C@H](C(=O)OC)[C@@H](NC(=O)[C@@H]1Cc2ccccc2CN1C(=O)OCc1ccccc1)C(=O)OC. The summed E-state index contributed by atoms with van der Waals surface area (Å²) in [5.41, 5.74) is 2.46. The largest absolute Gasteiger partial charge is 0.469 e. The van der Waals surface area contributed by atoms with Gasteiger partial charge in [0.2, 0.25) is 5.91 Å². The van der Waals surface area contributed by atoms with Gasteiger partial charge in [0.25, 0.3) is 0 Å². The Balaban J connectivity index is 1.87. The van der Waals surface area contributed by atoms with Gasteiger partial charge in [0.1, 0.15) is 18.7 Å². The molecular formula is C27H30N2O9. The fourth-order valence-corrected chi connectivity index (χ4v) is 4.20. The van der Waals surface area contributed by atoms with Crippen LogP contribution >= 0.6 is 0 Å². The maximum atomic E-state index is 13.6. The number of carbonyl (C=O) groups excluding carboxylic acids is 5. The Morgan fingerprint density at radius 1 is 0.868 bits per heavy atom. The summed E-state index contributed by atoms with van der Waals surface area (Å²) in [7, 11) is 3.30. The molecule has 3 rings (SSSR count). The summed E-state index contributed by atoms with van der Waals surface area (Å²) in [6.45, 7) is 0.0911. The Morgan fingerprint density at radius 2 is 1.50 bits per heavy atom. The minimum atomic E-state index is -1.57. The molecule has 0 saturated heterocycles. The third kappa shape index (κ3) is 6.87. The van der Waals surface area contributed by atoms with E-state index in [2.05, 4.69) is 10.1 Å².